The molecule has 0 aliphatic carbocycles. The monoisotopic (exact) mass is 184 g/mol. The Kier molecular flexibility index (Phi) is 3.92. The van der Waals surface area contributed by atoms with Crippen LogP contribution in [-0.4, -0.2) is 50.2 Å². The zero-order valence-corrected chi connectivity index (χ0v) is 7.95. The number of nitrogens with zero attached hydrogens (tertiary/aromatic N) is 1. The first-order chi connectivity index (χ1) is 6.29. The molecule has 0 aromatic carbocycles. The minimum Gasteiger partial charge on any atom is -0.365 e. The second kappa shape index (κ2) is 4.99. The zero-order valence-electron chi connectivity index (χ0n) is 7.95. The average molecular weight is 184 g/mol. The second-order valence-electron chi connectivity index (χ2n) is 2.99. The van der Waals surface area contributed by atoms with E-state index in [4.69, 9.17) is 4.74 Å². The van der Waals surface area contributed by atoms with Gasteiger partial charge in [0.25, 0.3) is 5.91 Å². The third-order valence-electron chi connectivity index (χ3n) is 2.01. The maximum Gasteiger partial charge on any atom is 0.253 e. The van der Waals surface area contributed by atoms with Crippen LogP contribution in [0.2, 0.25) is 0 Å². The van der Waals surface area contributed by atoms with Gasteiger partial charge in [0, 0.05) is 19.6 Å². The Morgan fingerprint density at radius 2 is 2.62 bits per heavy atom. The van der Waals surface area contributed by atoms with Crippen LogP contribution in [-0.2, 0) is 9.53 Å². The lowest BCUT2D eigenvalue weighted by Gasteiger charge is -2.31. The van der Waals surface area contributed by atoms with Crippen molar-refractivity contribution in [3.8, 4) is 0 Å². The third-order valence-corrected chi connectivity index (χ3v) is 2.01. The smallest absolute Gasteiger partial charge is 0.253 e. The SMILES string of the molecule is C=CCN1CCOC(CNC)C1=O. The molecule has 13 heavy (non-hydrogen) atoms. The molecule has 74 valence electrons. The number of carbonyl (C=O) groups is 1. The van der Waals surface area contributed by atoms with E-state index in [2.05, 4.69) is 11.9 Å². The van der Waals surface area contributed by atoms with Crippen LogP contribution in [0.3, 0.4) is 0 Å². The molecule has 1 aliphatic heterocycles. The first kappa shape index (κ1) is 10.2. The fourth-order valence-corrected chi connectivity index (χ4v) is 1.36. The third kappa shape index (κ3) is 2.54. The number of hydrogen-bond acceptors (Lipinski definition) is 3. The Morgan fingerprint density at radius 3 is 3.23 bits per heavy atom. The van der Waals surface area contributed by atoms with Crippen molar-refractivity contribution in [1.82, 2.24) is 10.2 Å². The van der Waals surface area contributed by atoms with Crippen molar-refractivity contribution in [2.45, 2.75) is 6.10 Å². The van der Waals surface area contributed by atoms with Crippen LogP contribution < -0.4 is 5.32 Å². The molecule has 4 heteroatoms. The van der Waals surface area contributed by atoms with E-state index in [-0.39, 0.29) is 12.0 Å². The second-order valence-corrected chi connectivity index (χ2v) is 2.99. The summed E-state index contributed by atoms with van der Waals surface area (Å²) in [7, 11) is 1.81. The van der Waals surface area contributed by atoms with E-state index < -0.39 is 0 Å². The molecule has 1 amide bonds. The summed E-state index contributed by atoms with van der Waals surface area (Å²) in [5, 5.41) is 2.93. The largest absolute Gasteiger partial charge is 0.365 e. The summed E-state index contributed by atoms with van der Waals surface area (Å²) >= 11 is 0. The summed E-state index contributed by atoms with van der Waals surface area (Å²) in [6, 6.07) is 0. The van der Waals surface area contributed by atoms with E-state index in [0.717, 1.165) is 0 Å². The summed E-state index contributed by atoms with van der Waals surface area (Å²) in [5.74, 6) is 0.0560. The van der Waals surface area contributed by atoms with Gasteiger partial charge < -0.3 is 15.0 Å². The molecule has 1 heterocycles. The zero-order chi connectivity index (χ0) is 9.68. The number of ether oxygens (including phenoxy) is 1. The van der Waals surface area contributed by atoms with Crippen LogP contribution in [0.25, 0.3) is 0 Å². The van der Waals surface area contributed by atoms with Gasteiger partial charge in [0.2, 0.25) is 0 Å². The predicted octanol–water partition coefficient (Wildman–Crippen LogP) is -0.381. The Morgan fingerprint density at radius 1 is 1.85 bits per heavy atom. The summed E-state index contributed by atoms with van der Waals surface area (Å²) < 4.78 is 5.32. The molecule has 0 radical (unpaired) electrons. The molecule has 1 atom stereocenters. The lowest BCUT2D eigenvalue weighted by Crippen LogP contribution is -2.50. The van der Waals surface area contributed by atoms with E-state index >= 15 is 0 Å². The number of likely N-dealkylation sites (N-methyl/N-ethyl adjacent to an activating group) is 1. The van der Waals surface area contributed by atoms with Crippen molar-refractivity contribution in [2.24, 2.45) is 0 Å². The summed E-state index contributed by atoms with van der Waals surface area (Å²) in [4.78, 5) is 13.4. The molecule has 1 fully saturated rings. The lowest BCUT2D eigenvalue weighted by atomic mass is 10.2. The summed E-state index contributed by atoms with van der Waals surface area (Å²) in [5.41, 5.74) is 0. The van der Waals surface area contributed by atoms with Gasteiger partial charge in [0.1, 0.15) is 6.10 Å². The van der Waals surface area contributed by atoms with Crippen LogP contribution in [0, 0.1) is 0 Å². The molecule has 4 nitrogen and oxygen atoms in total. The van der Waals surface area contributed by atoms with Crippen LogP contribution in [0.4, 0.5) is 0 Å². The molecule has 0 bridgehead atoms. The number of rotatable bonds is 4. The van der Waals surface area contributed by atoms with Gasteiger partial charge >= 0.3 is 0 Å². The highest BCUT2D eigenvalue weighted by Gasteiger charge is 2.27. The first-order valence-electron chi connectivity index (χ1n) is 4.45. The van der Waals surface area contributed by atoms with E-state index in [1.807, 2.05) is 7.05 Å². The van der Waals surface area contributed by atoms with Crippen LogP contribution in [0.5, 0.6) is 0 Å². The summed E-state index contributed by atoms with van der Waals surface area (Å²) in [6.45, 7) is 6.09. The number of nitrogens with one attached hydrogen (secondary N) is 1. The number of morpholine rings is 1. The molecule has 0 saturated carbocycles. The van der Waals surface area contributed by atoms with Gasteiger partial charge in [-0.15, -0.1) is 6.58 Å². The topological polar surface area (TPSA) is 41.6 Å². The number of amides is 1. The quantitative estimate of drug-likeness (QED) is 0.605. The van der Waals surface area contributed by atoms with Gasteiger partial charge in [0.15, 0.2) is 0 Å². The number of carbonyl (C=O) groups excluding carboxylic acids is 1. The Labute approximate surface area is 78.5 Å². The molecular weight excluding hydrogens is 168 g/mol. The van der Waals surface area contributed by atoms with Crippen molar-refractivity contribution >= 4 is 5.91 Å². The van der Waals surface area contributed by atoms with Gasteiger partial charge in [-0.05, 0) is 7.05 Å². The minimum atomic E-state index is -0.321. The van der Waals surface area contributed by atoms with E-state index in [1.54, 1.807) is 11.0 Å². The van der Waals surface area contributed by atoms with Crippen molar-refractivity contribution in [3.63, 3.8) is 0 Å². The van der Waals surface area contributed by atoms with Gasteiger partial charge in [-0.3, -0.25) is 4.79 Å². The molecule has 1 rings (SSSR count). The molecule has 1 aliphatic rings. The van der Waals surface area contributed by atoms with Gasteiger partial charge in [-0.25, -0.2) is 0 Å². The van der Waals surface area contributed by atoms with E-state index in [0.29, 0.717) is 26.2 Å². The minimum absolute atomic E-state index is 0.0560. The molecule has 0 aromatic heterocycles. The molecule has 0 aromatic rings. The molecular formula is C9H16N2O2. The van der Waals surface area contributed by atoms with Crippen LogP contribution >= 0.6 is 0 Å². The van der Waals surface area contributed by atoms with Crippen molar-refractivity contribution in [1.29, 1.82) is 0 Å². The van der Waals surface area contributed by atoms with Crippen LogP contribution in [0.15, 0.2) is 12.7 Å². The van der Waals surface area contributed by atoms with E-state index in [1.165, 1.54) is 0 Å². The fraction of sp³-hybridized carbons (Fsp3) is 0.667. The van der Waals surface area contributed by atoms with Crippen molar-refractivity contribution in [2.75, 3.05) is 33.3 Å². The predicted molar refractivity (Wildman–Crippen MR) is 50.4 cm³/mol. The Balaban J connectivity index is 2.49. The van der Waals surface area contributed by atoms with Crippen molar-refractivity contribution < 1.29 is 9.53 Å². The highest BCUT2D eigenvalue weighted by molar-refractivity contribution is 5.81. The maximum absolute atomic E-state index is 11.6. The normalized spacial score (nSPS) is 23.3. The molecule has 1 unspecified atom stereocenters. The number of hydrogen-bond donors (Lipinski definition) is 1. The fourth-order valence-electron chi connectivity index (χ4n) is 1.36. The standard InChI is InChI=1S/C9H16N2O2/c1-3-4-11-5-6-13-8(7-10-2)9(11)12/h3,8,10H,1,4-7H2,2H3. The first-order valence-corrected chi connectivity index (χ1v) is 4.45. The van der Waals surface area contributed by atoms with Gasteiger partial charge in [-0.1, -0.05) is 6.08 Å². The maximum atomic E-state index is 11.6. The lowest BCUT2D eigenvalue weighted by molar-refractivity contribution is -0.151. The highest BCUT2D eigenvalue weighted by Crippen LogP contribution is 2.05. The van der Waals surface area contributed by atoms with Crippen molar-refractivity contribution in [3.05, 3.63) is 12.7 Å². The van der Waals surface area contributed by atoms with Gasteiger partial charge in [0.05, 0.1) is 6.61 Å². The molecule has 1 N–H and O–H groups in total. The Bertz CT molecular complexity index is 192. The highest BCUT2D eigenvalue weighted by atomic mass is 16.5. The van der Waals surface area contributed by atoms with Gasteiger partial charge in [-0.2, -0.15) is 0 Å². The molecule has 1 saturated heterocycles. The summed E-state index contributed by atoms with van der Waals surface area (Å²) in [6.07, 6.45) is 1.42. The van der Waals surface area contributed by atoms with Crippen LogP contribution in [0.1, 0.15) is 0 Å². The molecule has 0 spiro atoms. The Hall–Kier alpha value is -0.870. The average Bonchev–Trinajstić information content (AvgIpc) is 2.13. The van der Waals surface area contributed by atoms with E-state index in [9.17, 15) is 4.79 Å².